The van der Waals surface area contributed by atoms with Crippen LogP contribution in [0, 0.1) is 0 Å². The van der Waals surface area contributed by atoms with Crippen LogP contribution in [0.2, 0.25) is 5.02 Å². The largest absolute Gasteiger partial charge is 0.496 e. The van der Waals surface area contributed by atoms with Crippen molar-refractivity contribution in [3.63, 3.8) is 0 Å². The summed E-state index contributed by atoms with van der Waals surface area (Å²) in [6.07, 6.45) is 0.873. The summed E-state index contributed by atoms with van der Waals surface area (Å²) in [5.74, 6) is 1.24. The van der Waals surface area contributed by atoms with Crippen molar-refractivity contribution in [2.75, 3.05) is 12.4 Å². The van der Waals surface area contributed by atoms with E-state index >= 15 is 0 Å². The van der Waals surface area contributed by atoms with Crippen molar-refractivity contribution in [1.29, 1.82) is 0 Å². The third kappa shape index (κ3) is 3.78. The molecule has 1 nitrogen and oxygen atoms in total. The molecule has 0 aliphatic heterocycles. The first-order valence-electron chi connectivity index (χ1n) is 6.28. The van der Waals surface area contributed by atoms with E-state index < -0.39 is 0 Å². The Balaban J connectivity index is 2.31. The van der Waals surface area contributed by atoms with Crippen molar-refractivity contribution in [3.8, 4) is 5.75 Å². The zero-order valence-electron chi connectivity index (χ0n) is 11.1. The standard InChI is InChI=1S/C16H15Br2ClO/c1-20-16-7-6-13(19)9-11(16)8-12(10-17)14-4-2-3-5-15(14)18/h2-7,9,12H,8,10H2,1H3. The molecule has 0 amide bonds. The minimum atomic E-state index is 0.359. The fourth-order valence-corrected chi connectivity index (χ4v) is 3.61. The van der Waals surface area contributed by atoms with E-state index in [9.17, 15) is 0 Å². The molecule has 4 heteroatoms. The molecule has 0 bridgehead atoms. The van der Waals surface area contributed by atoms with E-state index in [0.717, 1.165) is 32.6 Å². The quantitative estimate of drug-likeness (QED) is 0.555. The molecule has 1 atom stereocenters. The predicted octanol–water partition coefficient (Wildman–Crippen LogP) is 5.83. The molecule has 0 fully saturated rings. The van der Waals surface area contributed by atoms with Gasteiger partial charge in [0.2, 0.25) is 0 Å². The van der Waals surface area contributed by atoms with E-state index in [1.807, 2.05) is 24.3 Å². The van der Waals surface area contributed by atoms with Gasteiger partial charge in [0.05, 0.1) is 7.11 Å². The van der Waals surface area contributed by atoms with Gasteiger partial charge in [0.1, 0.15) is 5.75 Å². The topological polar surface area (TPSA) is 9.23 Å². The summed E-state index contributed by atoms with van der Waals surface area (Å²) < 4.78 is 6.56. The van der Waals surface area contributed by atoms with Crippen molar-refractivity contribution in [2.24, 2.45) is 0 Å². The molecular weight excluding hydrogens is 403 g/mol. The first kappa shape index (κ1) is 15.9. The van der Waals surface area contributed by atoms with Crippen molar-refractivity contribution in [3.05, 3.63) is 63.1 Å². The highest BCUT2D eigenvalue weighted by Crippen LogP contribution is 2.33. The molecule has 0 heterocycles. The monoisotopic (exact) mass is 416 g/mol. The minimum absolute atomic E-state index is 0.359. The van der Waals surface area contributed by atoms with Gasteiger partial charge in [-0.15, -0.1) is 0 Å². The Labute approximate surface area is 141 Å². The summed E-state index contributed by atoms with van der Waals surface area (Å²) in [6, 6.07) is 14.1. The Morgan fingerprint density at radius 2 is 1.95 bits per heavy atom. The van der Waals surface area contributed by atoms with Crippen LogP contribution in [-0.4, -0.2) is 12.4 Å². The van der Waals surface area contributed by atoms with E-state index in [1.165, 1.54) is 5.56 Å². The van der Waals surface area contributed by atoms with Crippen molar-refractivity contribution in [2.45, 2.75) is 12.3 Å². The Bertz CT molecular complexity index is 586. The molecule has 2 aromatic carbocycles. The Kier molecular flexibility index (Phi) is 5.94. The molecule has 2 rings (SSSR count). The summed E-state index contributed by atoms with van der Waals surface area (Å²) in [5.41, 5.74) is 2.41. The van der Waals surface area contributed by atoms with Crippen LogP contribution >= 0.6 is 43.5 Å². The van der Waals surface area contributed by atoms with Gasteiger partial charge in [0.25, 0.3) is 0 Å². The summed E-state index contributed by atoms with van der Waals surface area (Å²) in [7, 11) is 1.69. The van der Waals surface area contributed by atoms with E-state index in [0.29, 0.717) is 5.92 Å². The lowest BCUT2D eigenvalue weighted by Gasteiger charge is -2.18. The molecule has 0 radical (unpaired) electrons. The van der Waals surface area contributed by atoms with Gasteiger partial charge in [0.15, 0.2) is 0 Å². The molecule has 0 aromatic heterocycles. The average Bonchev–Trinajstić information content (AvgIpc) is 2.46. The highest BCUT2D eigenvalue weighted by atomic mass is 79.9. The molecule has 0 aliphatic rings. The van der Waals surface area contributed by atoms with E-state index in [4.69, 9.17) is 16.3 Å². The zero-order chi connectivity index (χ0) is 14.5. The van der Waals surface area contributed by atoms with Crippen LogP contribution in [-0.2, 0) is 6.42 Å². The van der Waals surface area contributed by atoms with Crippen LogP contribution in [0.15, 0.2) is 46.9 Å². The molecule has 20 heavy (non-hydrogen) atoms. The normalized spacial score (nSPS) is 12.2. The number of halogens is 3. The third-order valence-electron chi connectivity index (χ3n) is 3.24. The van der Waals surface area contributed by atoms with Gasteiger partial charge >= 0.3 is 0 Å². The number of methoxy groups -OCH3 is 1. The average molecular weight is 419 g/mol. The van der Waals surface area contributed by atoms with Gasteiger partial charge in [-0.25, -0.2) is 0 Å². The maximum Gasteiger partial charge on any atom is 0.122 e. The summed E-state index contributed by atoms with van der Waals surface area (Å²) in [4.78, 5) is 0. The SMILES string of the molecule is COc1ccc(Cl)cc1CC(CBr)c1ccccc1Br. The maximum absolute atomic E-state index is 6.10. The lowest BCUT2D eigenvalue weighted by molar-refractivity contribution is 0.408. The zero-order valence-corrected chi connectivity index (χ0v) is 15.0. The lowest BCUT2D eigenvalue weighted by atomic mass is 9.93. The maximum atomic E-state index is 6.10. The first-order chi connectivity index (χ1) is 9.65. The molecule has 0 saturated carbocycles. The van der Waals surface area contributed by atoms with Crippen LogP contribution < -0.4 is 4.74 Å². The van der Waals surface area contributed by atoms with E-state index in [2.05, 4.69) is 50.1 Å². The smallest absolute Gasteiger partial charge is 0.122 e. The highest BCUT2D eigenvalue weighted by Gasteiger charge is 2.16. The fourth-order valence-electron chi connectivity index (χ4n) is 2.23. The minimum Gasteiger partial charge on any atom is -0.496 e. The van der Waals surface area contributed by atoms with Crippen molar-refractivity contribution in [1.82, 2.24) is 0 Å². The van der Waals surface area contributed by atoms with Gasteiger partial charge < -0.3 is 4.74 Å². The molecule has 2 aromatic rings. The number of ether oxygens (including phenoxy) is 1. The third-order valence-corrected chi connectivity index (χ3v) is 4.98. The molecule has 106 valence electrons. The summed E-state index contributed by atoms with van der Waals surface area (Å²) >= 11 is 13.3. The van der Waals surface area contributed by atoms with Crippen LogP contribution in [0.4, 0.5) is 0 Å². The number of rotatable bonds is 5. The molecule has 1 unspecified atom stereocenters. The highest BCUT2D eigenvalue weighted by molar-refractivity contribution is 9.10. The van der Waals surface area contributed by atoms with Gasteiger partial charge in [-0.3, -0.25) is 0 Å². The summed E-state index contributed by atoms with van der Waals surface area (Å²) in [5, 5.41) is 1.62. The molecule has 0 spiro atoms. The Hall–Kier alpha value is -0.510. The number of alkyl halides is 1. The van der Waals surface area contributed by atoms with Gasteiger partial charge in [-0.2, -0.15) is 0 Å². The second-order valence-corrected chi connectivity index (χ2v) is 6.47. The summed E-state index contributed by atoms with van der Waals surface area (Å²) in [6.45, 7) is 0. The Morgan fingerprint density at radius 3 is 2.60 bits per heavy atom. The number of benzene rings is 2. The van der Waals surface area contributed by atoms with Crippen LogP contribution in [0.3, 0.4) is 0 Å². The number of hydrogen-bond acceptors (Lipinski definition) is 1. The second-order valence-electron chi connectivity index (χ2n) is 4.53. The van der Waals surface area contributed by atoms with Crippen LogP contribution in [0.25, 0.3) is 0 Å². The molecular formula is C16H15Br2ClO. The van der Waals surface area contributed by atoms with Crippen LogP contribution in [0.1, 0.15) is 17.0 Å². The second kappa shape index (κ2) is 7.48. The van der Waals surface area contributed by atoms with Crippen molar-refractivity contribution < 1.29 is 4.74 Å². The molecule has 0 saturated heterocycles. The predicted molar refractivity (Wildman–Crippen MR) is 92.4 cm³/mol. The first-order valence-corrected chi connectivity index (χ1v) is 8.57. The molecule has 0 aliphatic carbocycles. The van der Waals surface area contributed by atoms with Gasteiger partial charge in [-0.05, 0) is 47.7 Å². The van der Waals surface area contributed by atoms with Crippen LogP contribution in [0.5, 0.6) is 5.75 Å². The molecule has 0 N–H and O–H groups in total. The van der Waals surface area contributed by atoms with Gasteiger partial charge in [-0.1, -0.05) is 61.7 Å². The Morgan fingerprint density at radius 1 is 1.20 bits per heavy atom. The van der Waals surface area contributed by atoms with Gasteiger partial charge in [0, 0.05) is 14.8 Å². The van der Waals surface area contributed by atoms with E-state index in [1.54, 1.807) is 7.11 Å². The lowest BCUT2D eigenvalue weighted by Crippen LogP contribution is -2.06. The fraction of sp³-hybridized carbons (Fsp3) is 0.250. The van der Waals surface area contributed by atoms with E-state index in [-0.39, 0.29) is 0 Å². The van der Waals surface area contributed by atoms with Crippen molar-refractivity contribution >= 4 is 43.5 Å². The number of hydrogen-bond donors (Lipinski definition) is 0.